The van der Waals surface area contributed by atoms with E-state index in [-0.39, 0.29) is 0 Å². The molecule has 3 fully saturated rings. The van der Waals surface area contributed by atoms with E-state index in [1.54, 1.807) is 0 Å². The number of aliphatic imine (C=N–C) groups is 1. The lowest BCUT2D eigenvalue weighted by molar-refractivity contribution is 0.139. The summed E-state index contributed by atoms with van der Waals surface area (Å²) < 4.78 is 5.47. The van der Waals surface area contributed by atoms with Crippen LogP contribution in [0, 0.1) is 11.8 Å². The van der Waals surface area contributed by atoms with E-state index in [9.17, 15) is 0 Å². The maximum absolute atomic E-state index is 5.47. The highest BCUT2D eigenvalue weighted by Crippen LogP contribution is 2.27. The molecule has 2 aliphatic heterocycles. The van der Waals surface area contributed by atoms with Crippen molar-refractivity contribution in [3.63, 3.8) is 0 Å². The number of hydrogen-bond donors (Lipinski definition) is 1. The number of ether oxygens (including phenoxy) is 1. The first kappa shape index (κ1) is 14.1. The molecular weight excluding hydrogens is 252 g/mol. The zero-order valence-corrected chi connectivity index (χ0v) is 12.7. The van der Waals surface area contributed by atoms with Gasteiger partial charge in [0.1, 0.15) is 0 Å². The third-order valence-corrected chi connectivity index (χ3v) is 4.67. The van der Waals surface area contributed by atoms with Crippen LogP contribution in [0.15, 0.2) is 4.99 Å². The third-order valence-electron chi connectivity index (χ3n) is 4.67. The fraction of sp³-hybridized carbons (Fsp3) is 0.933. The first-order valence-electron chi connectivity index (χ1n) is 8.11. The van der Waals surface area contributed by atoms with Crippen molar-refractivity contribution in [1.29, 1.82) is 0 Å². The molecule has 2 heterocycles. The Labute approximate surface area is 122 Å². The molecule has 0 aromatic heterocycles. The highest BCUT2D eigenvalue weighted by molar-refractivity contribution is 5.80. The van der Waals surface area contributed by atoms with Crippen molar-refractivity contribution in [2.45, 2.75) is 19.3 Å². The fourth-order valence-corrected chi connectivity index (χ4v) is 3.12. The van der Waals surface area contributed by atoms with Crippen LogP contribution >= 0.6 is 0 Å². The number of nitrogens with zero attached hydrogens (tertiary/aromatic N) is 3. The summed E-state index contributed by atoms with van der Waals surface area (Å²) in [5.41, 5.74) is 0. The van der Waals surface area contributed by atoms with Gasteiger partial charge in [0.25, 0.3) is 0 Å². The highest BCUT2D eigenvalue weighted by atomic mass is 16.5. The molecule has 1 aliphatic carbocycles. The molecule has 1 N–H and O–H groups in total. The summed E-state index contributed by atoms with van der Waals surface area (Å²) in [6.07, 6.45) is 4.02. The van der Waals surface area contributed by atoms with Crippen molar-refractivity contribution in [2.24, 2.45) is 16.8 Å². The maximum atomic E-state index is 5.47. The van der Waals surface area contributed by atoms with Crippen molar-refractivity contribution in [1.82, 2.24) is 15.1 Å². The predicted octanol–water partition coefficient (Wildman–Crippen LogP) is 0.626. The van der Waals surface area contributed by atoms with Crippen LogP contribution in [0.5, 0.6) is 0 Å². The van der Waals surface area contributed by atoms with Crippen molar-refractivity contribution >= 4 is 5.96 Å². The molecule has 0 spiro atoms. The molecule has 0 amide bonds. The van der Waals surface area contributed by atoms with Crippen LogP contribution in [0.4, 0.5) is 0 Å². The third kappa shape index (κ3) is 3.85. The van der Waals surface area contributed by atoms with Crippen LogP contribution in [0.1, 0.15) is 19.3 Å². The van der Waals surface area contributed by atoms with Crippen molar-refractivity contribution in [3.8, 4) is 0 Å². The Morgan fingerprint density at radius 1 is 1.15 bits per heavy atom. The number of rotatable bonds is 4. The van der Waals surface area contributed by atoms with Gasteiger partial charge in [-0.3, -0.25) is 9.89 Å². The van der Waals surface area contributed by atoms with Crippen LogP contribution < -0.4 is 5.32 Å². The van der Waals surface area contributed by atoms with Crippen molar-refractivity contribution < 1.29 is 4.74 Å². The number of piperazine rings is 1. The van der Waals surface area contributed by atoms with Gasteiger partial charge in [-0.05, 0) is 31.1 Å². The molecule has 3 rings (SSSR count). The normalized spacial score (nSPS) is 28.9. The maximum Gasteiger partial charge on any atom is 0.193 e. The van der Waals surface area contributed by atoms with Crippen molar-refractivity contribution in [2.75, 3.05) is 59.5 Å². The van der Waals surface area contributed by atoms with Crippen molar-refractivity contribution in [3.05, 3.63) is 0 Å². The molecule has 0 aromatic carbocycles. The van der Waals surface area contributed by atoms with E-state index in [1.807, 2.05) is 7.05 Å². The standard InChI is InChI=1S/C15H28N4O/c1-16-15(17-10-13-2-3-13)19-7-5-18(6-8-19)11-14-4-9-20-12-14/h13-14H,2-12H2,1H3,(H,16,17). The molecule has 1 saturated carbocycles. The SMILES string of the molecule is CN=C(NCC1CC1)N1CCN(CC2CCOC2)CC1. The Bertz CT molecular complexity index is 329. The molecule has 1 atom stereocenters. The molecule has 5 nitrogen and oxygen atoms in total. The average Bonchev–Trinajstić information content (AvgIpc) is 3.17. The lowest BCUT2D eigenvalue weighted by Crippen LogP contribution is -2.53. The lowest BCUT2D eigenvalue weighted by atomic mass is 10.1. The smallest absolute Gasteiger partial charge is 0.193 e. The predicted molar refractivity (Wildman–Crippen MR) is 81.0 cm³/mol. The number of guanidine groups is 1. The van der Waals surface area contributed by atoms with E-state index in [4.69, 9.17) is 4.74 Å². The first-order valence-corrected chi connectivity index (χ1v) is 8.11. The van der Waals surface area contributed by atoms with Gasteiger partial charge in [-0.25, -0.2) is 0 Å². The van der Waals surface area contributed by atoms with E-state index in [0.29, 0.717) is 0 Å². The monoisotopic (exact) mass is 280 g/mol. The van der Waals surface area contributed by atoms with E-state index in [0.717, 1.165) is 63.7 Å². The van der Waals surface area contributed by atoms with Crippen LogP contribution in [0.2, 0.25) is 0 Å². The summed E-state index contributed by atoms with van der Waals surface area (Å²) in [5.74, 6) is 2.75. The largest absolute Gasteiger partial charge is 0.381 e. The summed E-state index contributed by atoms with van der Waals surface area (Å²) in [6.45, 7) is 8.73. The molecule has 0 radical (unpaired) electrons. The van der Waals surface area contributed by atoms with Gasteiger partial charge in [-0.15, -0.1) is 0 Å². The molecule has 1 unspecified atom stereocenters. The van der Waals surface area contributed by atoms with Crippen LogP contribution in [-0.4, -0.2) is 75.3 Å². The minimum absolute atomic E-state index is 0.758. The Morgan fingerprint density at radius 3 is 2.55 bits per heavy atom. The summed E-state index contributed by atoms with van der Waals surface area (Å²) >= 11 is 0. The van der Waals surface area contributed by atoms with Gasteiger partial charge in [0.15, 0.2) is 5.96 Å². The molecule has 114 valence electrons. The van der Waals surface area contributed by atoms with E-state index in [2.05, 4.69) is 20.1 Å². The minimum atomic E-state index is 0.758. The molecule has 0 bridgehead atoms. The van der Waals surface area contributed by atoms with Gasteiger partial charge < -0.3 is 15.0 Å². The lowest BCUT2D eigenvalue weighted by Gasteiger charge is -2.37. The molecular formula is C15H28N4O. The zero-order valence-electron chi connectivity index (χ0n) is 12.7. The second-order valence-corrected chi connectivity index (χ2v) is 6.39. The van der Waals surface area contributed by atoms with Gasteiger partial charge in [0.2, 0.25) is 0 Å². The molecule has 0 aromatic rings. The second kappa shape index (κ2) is 6.76. The Kier molecular flexibility index (Phi) is 4.78. The van der Waals surface area contributed by atoms with E-state index >= 15 is 0 Å². The van der Waals surface area contributed by atoms with Gasteiger partial charge in [0.05, 0.1) is 6.61 Å². The minimum Gasteiger partial charge on any atom is -0.381 e. The Morgan fingerprint density at radius 2 is 1.95 bits per heavy atom. The summed E-state index contributed by atoms with van der Waals surface area (Å²) in [6, 6.07) is 0. The Balaban J connectivity index is 1.39. The first-order chi connectivity index (χ1) is 9.85. The zero-order chi connectivity index (χ0) is 13.8. The number of nitrogens with one attached hydrogen (secondary N) is 1. The average molecular weight is 280 g/mol. The molecule has 20 heavy (non-hydrogen) atoms. The van der Waals surface area contributed by atoms with Crippen LogP contribution in [-0.2, 0) is 4.74 Å². The topological polar surface area (TPSA) is 40.1 Å². The van der Waals surface area contributed by atoms with Crippen LogP contribution in [0.25, 0.3) is 0 Å². The highest BCUT2D eigenvalue weighted by Gasteiger charge is 2.25. The van der Waals surface area contributed by atoms with E-state index < -0.39 is 0 Å². The fourth-order valence-electron chi connectivity index (χ4n) is 3.12. The van der Waals surface area contributed by atoms with E-state index in [1.165, 1.54) is 25.8 Å². The van der Waals surface area contributed by atoms with Gasteiger partial charge in [0, 0.05) is 52.9 Å². The summed E-state index contributed by atoms with van der Waals surface area (Å²) in [4.78, 5) is 9.43. The van der Waals surface area contributed by atoms with Gasteiger partial charge in [-0.2, -0.15) is 0 Å². The molecule has 5 heteroatoms. The molecule has 3 aliphatic rings. The molecule has 2 saturated heterocycles. The van der Waals surface area contributed by atoms with Gasteiger partial charge in [-0.1, -0.05) is 0 Å². The quantitative estimate of drug-likeness (QED) is 0.605. The Hall–Kier alpha value is -0.810. The van der Waals surface area contributed by atoms with Gasteiger partial charge >= 0.3 is 0 Å². The summed E-state index contributed by atoms with van der Waals surface area (Å²) in [7, 11) is 1.90. The summed E-state index contributed by atoms with van der Waals surface area (Å²) in [5, 5.41) is 3.53. The number of hydrogen-bond acceptors (Lipinski definition) is 3. The van der Waals surface area contributed by atoms with Crippen LogP contribution in [0.3, 0.4) is 0 Å². The second-order valence-electron chi connectivity index (χ2n) is 6.39.